The van der Waals surface area contributed by atoms with Gasteiger partial charge in [-0.3, -0.25) is 4.21 Å². The van der Waals surface area contributed by atoms with Gasteiger partial charge in [0, 0.05) is 38.9 Å². The predicted octanol–water partition coefficient (Wildman–Crippen LogP) is 3.46. The SMILES string of the molecule is CCNC(=NCCOc1ccc(Br)cc1)NC1CCCC(S(=O)CC)C1. The third kappa shape index (κ3) is 7.27. The molecule has 1 aromatic carbocycles. The molecule has 5 nitrogen and oxygen atoms in total. The Bertz CT molecular complexity index is 595. The third-order valence-electron chi connectivity index (χ3n) is 4.41. The van der Waals surface area contributed by atoms with E-state index in [0.29, 0.717) is 24.4 Å². The van der Waals surface area contributed by atoms with Crippen molar-refractivity contribution in [2.75, 3.05) is 25.4 Å². The van der Waals surface area contributed by atoms with Gasteiger partial charge < -0.3 is 15.4 Å². The first-order valence-corrected chi connectivity index (χ1v) is 11.6. The number of guanidine groups is 1. The maximum absolute atomic E-state index is 12.1. The standard InChI is InChI=1S/C19H30BrN3O2S/c1-3-21-19(22-12-13-25-17-10-8-15(20)9-11-17)23-16-6-5-7-18(14-16)26(24)4-2/h8-11,16,18H,3-7,12-14H2,1-2H3,(H2,21,22,23). The highest BCUT2D eigenvalue weighted by atomic mass is 79.9. The smallest absolute Gasteiger partial charge is 0.191 e. The zero-order valence-electron chi connectivity index (χ0n) is 15.7. The molecule has 0 bridgehead atoms. The van der Waals surface area contributed by atoms with E-state index in [1.54, 1.807) is 0 Å². The van der Waals surface area contributed by atoms with Gasteiger partial charge in [-0.15, -0.1) is 0 Å². The lowest BCUT2D eigenvalue weighted by Gasteiger charge is -2.30. The van der Waals surface area contributed by atoms with E-state index in [2.05, 4.69) is 38.5 Å². The minimum atomic E-state index is -0.706. The molecular formula is C19H30BrN3O2S. The molecule has 3 atom stereocenters. The quantitative estimate of drug-likeness (QED) is 0.366. The second-order valence-electron chi connectivity index (χ2n) is 6.36. The number of nitrogens with zero attached hydrogens (tertiary/aromatic N) is 1. The molecule has 1 fully saturated rings. The van der Waals surface area contributed by atoms with Crippen LogP contribution in [0.5, 0.6) is 5.75 Å². The van der Waals surface area contributed by atoms with E-state index in [9.17, 15) is 4.21 Å². The second-order valence-corrected chi connectivity index (χ2v) is 9.28. The Morgan fingerprint density at radius 3 is 2.77 bits per heavy atom. The van der Waals surface area contributed by atoms with Crippen molar-refractivity contribution in [2.45, 2.75) is 50.8 Å². The molecule has 0 saturated heterocycles. The number of benzene rings is 1. The Hall–Kier alpha value is -1.08. The molecule has 146 valence electrons. The van der Waals surface area contributed by atoms with Gasteiger partial charge in [-0.2, -0.15) is 0 Å². The van der Waals surface area contributed by atoms with E-state index < -0.39 is 10.8 Å². The summed E-state index contributed by atoms with van der Waals surface area (Å²) in [6.07, 6.45) is 4.27. The number of hydrogen-bond donors (Lipinski definition) is 2. The van der Waals surface area contributed by atoms with Crippen molar-refractivity contribution >= 4 is 32.7 Å². The summed E-state index contributed by atoms with van der Waals surface area (Å²) in [5, 5.41) is 7.12. The van der Waals surface area contributed by atoms with E-state index in [1.807, 2.05) is 31.2 Å². The van der Waals surface area contributed by atoms with Crippen molar-refractivity contribution in [1.29, 1.82) is 0 Å². The maximum atomic E-state index is 12.1. The van der Waals surface area contributed by atoms with Gasteiger partial charge in [0.05, 0.1) is 6.54 Å². The molecule has 0 amide bonds. The summed E-state index contributed by atoms with van der Waals surface area (Å²) in [5.74, 6) is 2.41. The van der Waals surface area contributed by atoms with Gasteiger partial charge in [0.2, 0.25) is 0 Å². The van der Waals surface area contributed by atoms with Crippen LogP contribution in [0.25, 0.3) is 0 Å². The fraction of sp³-hybridized carbons (Fsp3) is 0.632. The number of rotatable bonds is 8. The summed E-state index contributed by atoms with van der Waals surface area (Å²) < 4.78 is 18.9. The van der Waals surface area contributed by atoms with Crippen LogP contribution in [0, 0.1) is 0 Å². The number of hydrogen-bond acceptors (Lipinski definition) is 3. The van der Waals surface area contributed by atoms with Gasteiger partial charge >= 0.3 is 0 Å². The van der Waals surface area contributed by atoms with Crippen molar-refractivity contribution in [3.63, 3.8) is 0 Å². The van der Waals surface area contributed by atoms with Crippen molar-refractivity contribution in [3.05, 3.63) is 28.7 Å². The van der Waals surface area contributed by atoms with Crippen molar-refractivity contribution in [3.8, 4) is 5.75 Å². The van der Waals surface area contributed by atoms with Gasteiger partial charge in [0.15, 0.2) is 5.96 Å². The Labute approximate surface area is 168 Å². The van der Waals surface area contributed by atoms with E-state index >= 15 is 0 Å². The Balaban J connectivity index is 1.81. The molecule has 0 aliphatic heterocycles. The largest absolute Gasteiger partial charge is 0.492 e. The number of nitrogens with one attached hydrogen (secondary N) is 2. The van der Waals surface area contributed by atoms with E-state index in [0.717, 1.165) is 54.2 Å². The van der Waals surface area contributed by atoms with Crippen LogP contribution in [0.2, 0.25) is 0 Å². The van der Waals surface area contributed by atoms with Crippen LogP contribution in [0.3, 0.4) is 0 Å². The first-order valence-electron chi connectivity index (χ1n) is 9.42. The third-order valence-corrected chi connectivity index (χ3v) is 6.68. The van der Waals surface area contributed by atoms with Gasteiger partial charge in [0.25, 0.3) is 0 Å². The molecule has 2 rings (SSSR count). The van der Waals surface area contributed by atoms with Gasteiger partial charge in [-0.25, -0.2) is 4.99 Å². The number of ether oxygens (including phenoxy) is 1. The van der Waals surface area contributed by atoms with Crippen LogP contribution in [-0.2, 0) is 10.8 Å². The minimum Gasteiger partial charge on any atom is -0.492 e. The molecular weight excluding hydrogens is 414 g/mol. The lowest BCUT2D eigenvalue weighted by Crippen LogP contribution is -2.46. The lowest BCUT2D eigenvalue weighted by atomic mass is 9.95. The second kappa shape index (κ2) is 11.6. The average molecular weight is 444 g/mol. The molecule has 3 unspecified atom stereocenters. The summed E-state index contributed by atoms with van der Waals surface area (Å²) in [4.78, 5) is 4.61. The van der Waals surface area contributed by atoms with Crippen LogP contribution < -0.4 is 15.4 Å². The molecule has 7 heteroatoms. The number of halogens is 1. The molecule has 1 aromatic rings. The summed E-state index contributed by atoms with van der Waals surface area (Å²) in [5.41, 5.74) is 0. The highest BCUT2D eigenvalue weighted by molar-refractivity contribution is 9.10. The molecule has 1 aliphatic carbocycles. The Kier molecular flexibility index (Phi) is 9.46. The average Bonchev–Trinajstić information content (AvgIpc) is 2.66. The highest BCUT2D eigenvalue weighted by Gasteiger charge is 2.25. The lowest BCUT2D eigenvalue weighted by molar-refractivity contribution is 0.328. The van der Waals surface area contributed by atoms with E-state index in [-0.39, 0.29) is 0 Å². The van der Waals surface area contributed by atoms with Gasteiger partial charge in [-0.05, 0) is 50.5 Å². The fourth-order valence-corrected chi connectivity index (χ4v) is 4.73. The Morgan fingerprint density at radius 1 is 1.31 bits per heavy atom. The van der Waals surface area contributed by atoms with E-state index in [1.165, 1.54) is 0 Å². The van der Waals surface area contributed by atoms with Crippen LogP contribution in [0.4, 0.5) is 0 Å². The minimum absolute atomic E-state index is 0.315. The normalized spacial score (nSPS) is 21.9. The Morgan fingerprint density at radius 2 is 2.08 bits per heavy atom. The van der Waals surface area contributed by atoms with Crippen molar-refractivity contribution < 1.29 is 8.95 Å². The predicted molar refractivity (Wildman–Crippen MR) is 113 cm³/mol. The molecule has 0 aromatic heterocycles. The summed E-state index contributed by atoms with van der Waals surface area (Å²) in [6.45, 7) is 6.00. The highest BCUT2D eigenvalue weighted by Crippen LogP contribution is 2.23. The van der Waals surface area contributed by atoms with Crippen molar-refractivity contribution in [1.82, 2.24) is 10.6 Å². The van der Waals surface area contributed by atoms with Crippen molar-refractivity contribution in [2.24, 2.45) is 4.99 Å². The monoisotopic (exact) mass is 443 g/mol. The van der Waals surface area contributed by atoms with E-state index in [4.69, 9.17) is 4.74 Å². The topological polar surface area (TPSA) is 62.7 Å². The molecule has 1 saturated carbocycles. The van der Waals surface area contributed by atoms with Crippen LogP contribution in [0.1, 0.15) is 39.5 Å². The first-order chi connectivity index (χ1) is 12.6. The summed E-state index contributed by atoms with van der Waals surface area (Å²) in [7, 11) is -0.706. The zero-order chi connectivity index (χ0) is 18.8. The van der Waals surface area contributed by atoms with Crippen LogP contribution in [0.15, 0.2) is 33.7 Å². The van der Waals surface area contributed by atoms with Gasteiger partial charge in [-0.1, -0.05) is 29.3 Å². The number of aliphatic imine (C=N–C) groups is 1. The van der Waals surface area contributed by atoms with Crippen LogP contribution in [-0.4, -0.2) is 46.9 Å². The van der Waals surface area contributed by atoms with Crippen LogP contribution >= 0.6 is 15.9 Å². The summed E-state index contributed by atoms with van der Waals surface area (Å²) in [6, 6.07) is 8.14. The zero-order valence-corrected chi connectivity index (χ0v) is 18.1. The summed E-state index contributed by atoms with van der Waals surface area (Å²) >= 11 is 3.42. The van der Waals surface area contributed by atoms with Gasteiger partial charge in [0.1, 0.15) is 12.4 Å². The molecule has 2 N–H and O–H groups in total. The first kappa shape index (κ1) is 21.2. The molecule has 26 heavy (non-hydrogen) atoms. The molecule has 0 heterocycles. The molecule has 0 radical (unpaired) electrons. The molecule has 1 aliphatic rings. The molecule has 0 spiro atoms. The maximum Gasteiger partial charge on any atom is 0.191 e. The fourth-order valence-electron chi connectivity index (χ4n) is 3.12.